The highest BCUT2D eigenvalue weighted by atomic mass is 14.8. The standard InChI is InChI=1S/C24H28N2/c1-24(15-9-4-10-16-24)23-20(17-25)22(18-11-5-2-6-12-18)19-13-7-3-8-14-21(19)26-23/h2,5-6,11-12H,3-4,7-10,13-16H2,1H3. The van der Waals surface area contributed by atoms with Crippen molar-refractivity contribution in [1.29, 1.82) is 5.26 Å². The van der Waals surface area contributed by atoms with Gasteiger partial charge in [-0.05, 0) is 49.7 Å². The van der Waals surface area contributed by atoms with Gasteiger partial charge in [0.05, 0.1) is 11.3 Å². The fraction of sp³-hybridized carbons (Fsp3) is 0.500. The molecule has 1 saturated carbocycles. The molecule has 0 atom stereocenters. The summed E-state index contributed by atoms with van der Waals surface area (Å²) in [5.41, 5.74) is 6.96. The van der Waals surface area contributed by atoms with E-state index in [2.05, 4.69) is 43.3 Å². The van der Waals surface area contributed by atoms with Crippen LogP contribution in [0.1, 0.15) is 80.8 Å². The molecule has 0 amide bonds. The maximum Gasteiger partial charge on any atom is 0.102 e. The van der Waals surface area contributed by atoms with Crippen LogP contribution in [0, 0.1) is 11.3 Å². The largest absolute Gasteiger partial charge is 0.256 e. The van der Waals surface area contributed by atoms with Crippen LogP contribution in [0.5, 0.6) is 0 Å². The molecule has 2 aliphatic carbocycles. The average Bonchev–Trinajstić information content (AvgIpc) is 2.93. The third-order valence-electron chi connectivity index (χ3n) is 6.43. The van der Waals surface area contributed by atoms with E-state index in [-0.39, 0.29) is 5.41 Å². The zero-order chi connectivity index (χ0) is 18.0. The van der Waals surface area contributed by atoms with Crippen molar-refractivity contribution in [3.8, 4) is 17.2 Å². The summed E-state index contributed by atoms with van der Waals surface area (Å²) in [6, 6.07) is 13.1. The van der Waals surface area contributed by atoms with Gasteiger partial charge in [-0.25, -0.2) is 0 Å². The van der Waals surface area contributed by atoms with Gasteiger partial charge in [0.1, 0.15) is 6.07 Å². The van der Waals surface area contributed by atoms with Crippen LogP contribution in [-0.2, 0) is 18.3 Å². The SMILES string of the molecule is CC1(c2nc3c(c(-c4ccccc4)c2C#N)CCCCC3)CCCCC1. The highest BCUT2D eigenvalue weighted by Gasteiger charge is 2.35. The maximum atomic E-state index is 10.2. The lowest BCUT2D eigenvalue weighted by Gasteiger charge is -2.35. The van der Waals surface area contributed by atoms with Gasteiger partial charge < -0.3 is 0 Å². The van der Waals surface area contributed by atoms with Crippen molar-refractivity contribution < 1.29 is 0 Å². The molecule has 1 heterocycles. The molecule has 2 aromatic rings. The van der Waals surface area contributed by atoms with Crippen molar-refractivity contribution in [3.63, 3.8) is 0 Å². The van der Waals surface area contributed by atoms with Gasteiger partial charge in [-0.15, -0.1) is 0 Å². The zero-order valence-electron chi connectivity index (χ0n) is 15.9. The first kappa shape index (κ1) is 17.3. The van der Waals surface area contributed by atoms with Crippen LogP contribution in [0.3, 0.4) is 0 Å². The summed E-state index contributed by atoms with van der Waals surface area (Å²) in [4.78, 5) is 5.20. The lowest BCUT2D eigenvalue weighted by molar-refractivity contribution is 0.311. The minimum atomic E-state index is 0.0498. The van der Waals surface area contributed by atoms with Crippen molar-refractivity contribution >= 4 is 0 Å². The van der Waals surface area contributed by atoms with E-state index in [4.69, 9.17) is 4.98 Å². The first-order valence-corrected chi connectivity index (χ1v) is 10.2. The molecule has 0 N–H and O–H groups in total. The number of pyridine rings is 1. The Labute approximate surface area is 157 Å². The summed E-state index contributed by atoms with van der Waals surface area (Å²) in [7, 11) is 0. The van der Waals surface area contributed by atoms with Crippen LogP contribution in [-0.4, -0.2) is 4.98 Å². The predicted octanol–water partition coefficient (Wildman–Crippen LogP) is 6.11. The molecule has 2 heteroatoms. The minimum absolute atomic E-state index is 0.0498. The highest BCUT2D eigenvalue weighted by Crippen LogP contribution is 2.43. The highest BCUT2D eigenvalue weighted by molar-refractivity contribution is 5.76. The Morgan fingerprint density at radius 2 is 1.62 bits per heavy atom. The summed E-state index contributed by atoms with van der Waals surface area (Å²) in [5, 5.41) is 10.2. The molecule has 2 aliphatic rings. The van der Waals surface area contributed by atoms with Gasteiger partial charge >= 0.3 is 0 Å². The van der Waals surface area contributed by atoms with Crippen molar-refractivity contribution in [2.45, 2.75) is 76.5 Å². The Morgan fingerprint density at radius 3 is 2.35 bits per heavy atom. The first-order chi connectivity index (χ1) is 12.7. The molecule has 0 saturated heterocycles. The Bertz CT molecular complexity index is 824. The van der Waals surface area contributed by atoms with Crippen LogP contribution in [0.15, 0.2) is 30.3 Å². The van der Waals surface area contributed by atoms with Crippen LogP contribution in [0.2, 0.25) is 0 Å². The van der Waals surface area contributed by atoms with Crippen LogP contribution in [0.25, 0.3) is 11.1 Å². The second-order valence-electron chi connectivity index (χ2n) is 8.30. The number of nitriles is 1. The topological polar surface area (TPSA) is 36.7 Å². The first-order valence-electron chi connectivity index (χ1n) is 10.2. The molecule has 26 heavy (non-hydrogen) atoms. The molecule has 1 fully saturated rings. The Balaban J connectivity index is 1.99. The number of nitrogens with zero attached hydrogens (tertiary/aromatic N) is 2. The summed E-state index contributed by atoms with van der Waals surface area (Å²) in [5.74, 6) is 0. The van der Waals surface area contributed by atoms with Crippen molar-refractivity contribution in [3.05, 3.63) is 52.8 Å². The molecule has 1 aromatic carbocycles. The van der Waals surface area contributed by atoms with Gasteiger partial charge in [-0.3, -0.25) is 4.98 Å². The smallest absolute Gasteiger partial charge is 0.102 e. The summed E-state index contributed by atoms with van der Waals surface area (Å²) < 4.78 is 0. The lowest BCUT2D eigenvalue weighted by Crippen LogP contribution is -2.29. The third kappa shape index (κ3) is 3.05. The molecule has 4 rings (SSSR count). The molecular formula is C24H28N2. The zero-order valence-corrected chi connectivity index (χ0v) is 15.9. The number of benzene rings is 1. The number of aryl methyl sites for hydroxylation is 1. The van der Waals surface area contributed by atoms with Gasteiger partial charge in [0.2, 0.25) is 0 Å². The summed E-state index contributed by atoms with van der Waals surface area (Å²) >= 11 is 0. The number of aromatic nitrogens is 1. The number of fused-ring (bicyclic) bond motifs is 1. The van der Waals surface area contributed by atoms with E-state index >= 15 is 0 Å². The minimum Gasteiger partial charge on any atom is -0.256 e. The van der Waals surface area contributed by atoms with Crippen LogP contribution < -0.4 is 0 Å². The molecule has 0 spiro atoms. The van der Waals surface area contributed by atoms with E-state index < -0.39 is 0 Å². The molecule has 0 radical (unpaired) electrons. The Hall–Kier alpha value is -2.14. The second kappa shape index (κ2) is 7.23. The van der Waals surface area contributed by atoms with E-state index in [9.17, 15) is 5.26 Å². The third-order valence-corrected chi connectivity index (χ3v) is 6.43. The van der Waals surface area contributed by atoms with Gasteiger partial charge in [0, 0.05) is 16.7 Å². The van der Waals surface area contributed by atoms with Gasteiger partial charge in [0.15, 0.2) is 0 Å². The van der Waals surface area contributed by atoms with Crippen molar-refractivity contribution in [1.82, 2.24) is 4.98 Å². The molecule has 134 valence electrons. The van der Waals surface area contributed by atoms with E-state index in [1.165, 1.54) is 60.9 Å². The number of hydrogen-bond donors (Lipinski definition) is 0. The second-order valence-corrected chi connectivity index (χ2v) is 8.30. The Morgan fingerprint density at radius 1 is 0.923 bits per heavy atom. The molecule has 0 aliphatic heterocycles. The molecule has 1 aromatic heterocycles. The average molecular weight is 345 g/mol. The Kier molecular flexibility index (Phi) is 4.81. The lowest BCUT2D eigenvalue weighted by atomic mass is 9.71. The van der Waals surface area contributed by atoms with Gasteiger partial charge in [-0.2, -0.15) is 5.26 Å². The predicted molar refractivity (Wildman–Crippen MR) is 106 cm³/mol. The van der Waals surface area contributed by atoms with Crippen molar-refractivity contribution in [2.24, 2.45) is 0 Å². The molecule has 2 nitrogen and oxygen atoms in total. The summed E-state index contributed by atoms with van der Waals surface area (Å²) in [6.45, 7) is 2.34. The van der Waals surface area contributed by atoms with Crippen LogP contribution >= 0.6 is 0 Å². The van der Waals surface area contributed by atoms with Crippen molar-refractivity contribution in [2.75, 3.05) is 0 Å². The summed E-state index contributed by atoms with van der Waals surface area (Å²) in [6.07, 6.45) is 11.9. The molecule has 0 bridgehead atoms. The van der Waals surface area contributed by atoms with Gasteiger partial charge in [-0.1, -0.05) is 62.9 Å². The van der Waals surface area contributed by atoms with Crippen LogP contribution in [0.4, 0.5) is 0 Å². The number of hydrogen-bond acceptors (Lipinski definition) is 2. The van der Waals surface area contributed by atoms with E-state index in [1.807, 2.05) is 0 Å². The fourth-order valence-electron chi connectivity index (χ4n) is 4.96. The van der Waals surface area contributed by atoms with E-state index in [0.29, 0.717) is 0 Å². The molecular weight excluding hydrogens is 316 g/mol. The fourth-order valence-corrected chi connectivity index (χ4v) is 4.96. The quantitative estimate of drug-likeness (QED) is 0.616. The maximum absolute atomic E-state index is 10.2. The number of rotatable bonds is 2. The van der Waals surface area contributed by atoms with E-state index in [1.54, 1.807) is 0 Å². The normalized spacial score (nSPS) is 19.2. The van der Waals surface area contributed by atoms with E-state index in [0.717, 1.165) is 36.9 Å². The van der Waals surface area contributed by atoms with Gasteiger partial charge in [0.25, 0.3) is 0 Å². The monoisotopic (exact) mass is 344 g/mol. The molecule has 0 unspecified atom stereocenters.